The van der Waals surface area contributed by atoms with Gasteiger partial charge in [-0.3, -0.25) is 14.4 Å². The molecule has 0 radical (unpaired) electrons. The summed E-state index contributed by atoms with van der Waals surface area (Å²) in [6.07, 6.45) is 2.52. The van der Waals surface area contributed by atoms with E-state index in [-0.39, 0.29) is 23.8 Å². The molecular formula is C19H14N2O3. The molecule has 2 aromatic carbocycles. The molecule has 24 heavy (non-hydrogen) atoms. The van der Waals surface area contributed by atoms with E-state index in [1.807, 2.05) is 30.3 Å². The zero-order valence-electron chi connectivity index (χ0n) is 12.9. The molecule has 3 amide bonds. The highest BCUT2D eigenvalue weighted by Crippen LogP contribution is 2.44. The average Bonchev–Trinajstić information content (AvgIpc) is 3.05. The van der Waals surface area contributed by atoms with Crippen molar-refractivity contribution in [3.8, 4) is 11.1 Å². The Morgan fingerprint density at radius 2 is 1.62 bits per heavy atom. The molecule has 0 aromatic heterocycles. The SMILES string of the molecule is CC(=O)NC1c2ccccc2-c2ccc(N3C(=O)C=CC3=O)cc21. The number of amides is 3. The maximum Gasteiger partial charge on any atom is 0.258 e. The lowest BCUT2D eigenvalue weighted by atomic mass is 10.0. The van der Waals surface area contributed by atoms with Crippen LogP contribution in [0.2, 0.25) is 0 Å². The number of imide groups is 1. The minimum absolute atomic E-state index is 0.136. The van der Waals surface area contributed by atoms with Crippen LogP contribution in [0, 0.1) is 0 Å². The van der Waals surface area contributed by atoms with Crippen LogP contribution in [0.1, 0.15) is 24.1 Å². The summed E-state index contributed by atoms with van der Waals surface area (Å²) in [5.41, 5.74) is 4.46. The zero-order chi connectivity index (χ0) is 16.8. The van der Waals surface area contributed by atoms with Crippen molar-refractivity contribution in [2.24, 2.45) is 0 Å². The van der Waals surface area contributed by atoms with Crippen LogP contribution in [-0.2, 0) is 14.4 Å². The Hall–Kier alpha value is -3.21. The van der Waals surface area contributed by atoms with Crippen LogP contribution in [-0.4, -0.2) is 17.7 Å². The fraction of sp³-hybridized carbons (Fsp3) is 0.105. The van der Waals surface area contributed by atoms with Crippen molar-refractivity contribution in [2.45, 2.75) is 13.0 Å². The Bertz CT molecular complexity index is 912. The van der Waals surface area contributed by atoms with Crippen LogP contribution in [0.15, 0.2) is 54.6 Å². The molecule has 4 rings (SSSR count). The van der Waals surface area contributed by atoms with Crippen molar-refractivity contribution in [2.75, 3.05) is 4.90 Å². The minimum atomic E-state index is -0.355. The molecule has 118 valence electrons. The van der Waals surface area contributed by atoms with E-state index >= 15 is 0 Å². The molecule has 5 nitrogen and oxygen atoms in total. The Morgan fingerprint density at radius 3 is 2.33 bits per heavy atom. The third-order valence-electron chi connectivity index (χ3n) is 4.32. The lowest BCUT2D eigenvalue weighted by Crippen LogP contribution is -2.30. The number of fused-ring (bicyclic) bond motifs is 3. The van der Waals surface area contributed by atoms with Crippen LogP contribution in [0.5, 0.6) is 0 Å². The fourth-order valence-corrected chi connectivity index (χ4v) is 3.35. The highest BCUT2D eigenvalue weighted by atomic mass is 16.2. The molecule has 2 aliphatic rings. The number of hydrogen-bond acceptors (Lipinski definition) is 3. The predicted molar refractivity (Wildman–Crippen MR) is 89.2 cm³/mol. The van der Waals surface area contributed by atoms with Gasteiger partial charge in [0.1, 0.15) is 0 Å². The van der Waals surface area contributed by atoms with E-state index in [0.29, 0.717) is 5.69 Å². The molecule has 1 N–H and O–H groups in total. The first kappa shape index (κ1) is 14.4. The van der Waals surface area contributed by atoms with Gasteiger partial charge in [-0.25, -0.2) is 4.90 Å². The van der Waals surface area contributed by atoms with Crippen molar-refractivity contribution in [3.63, 3.8) is 0 Å². The van der Waals surface area contributed by atoms with E-state index in [4.69, 9.17) is 0 Å². The van der Waals surface area contributed by atoms with Gasteiger partial charge >= 0.3 is 0 Å². The molecule has 1 atom stereocenters. The first-order valence-corrected chi connectivity index (χ1v) is 7.63. The topological polar surface area (TPSA) is 66.5 Å². The van der Waals surface area contributed by atoms with Gasteiger partial charge in [-0.05, 0) is 34.4 Å². The van der Waals surface area contributed by atoms with E-state index in [0.717, 1.165) is 27.2 Å². The number of benzene rings is 2. The van der Waals surface area contributed by atoms with Crippen LogP contribution in [0.3, 0.4) is 0 Å². The minimum Gasteiger partial charge on any atom is -0.345 e. The molecule has 1 aliphatic heterocycles. The highest BCUT2D eigenvalue weighted by molar-refractivity contribution is 6.28. The second-order valence-electron chi connectivity index (χ2n) is 5.84. The molecular weight excluding hydrogens is 304 g/mol. The summed E-state index contributed by atoms with van der Waals surface area (Å²) in [5, 5.41) is 2.95. The number of carbonyl (C=O) groups is 3. The van der Waals surface area contributed by atoms with Gasteiger partial charge in [-0.1, -0.05) is 30.3 Å². The van der Waals surface area contributed by atoms with Crippen LogP contribution < -0.4 is 10.2 Å². The summed E-state index contributed by atoms with van der Waals surface area (Å²) in [5.74, 6) is -0.846. The van der Waals surface area contributed by atoms with Crippen LogP contribution >= 0.6 is 0 Å². The second kappa shape index (κ2) is 5.16. The first-order chi connectivity index (χ1) is 11.6. The summed E-state index contributed by atoms with van der Waals surface area (Å²) in [7, 11) is 0. The Balaban J connectivity index is 1.84. The molecule has 0 fully saturated rings. The Morgan fingerprint density at radius 1 is 0.958 bits per heavy atom. The van der Waals surface area contributed by atoms with E-state index in [2.05, 4.69) is 5.32 Å². The molecule has 0 spiro atoms. The largest absolute Gasteiger partial charge is 0.345 e. The summed E-state index contributed by atoms with van der Waals surface area (Å²) in [4.78, 5) is 36.6. The smallest absolute Gasteiger partial charge is 0.258 e. The van der Waals surface area contributed by atoms with Gasteiger partial charge in [0.2, 0.25) is 5.91 Å². The summed E-state index contributed by atoms with van der Waals surface area (Å²) in [6.45, 7) is 1.47. The summed E-state index contributed by atoms with van der Waals surface area (Å²) >= 11 is 0. The molecule has 0 saturated carbocycles. The van der Waals surface area contributed by atoms with Gasteiger partial charge in [0, 0.05) is 19.1 Å². The maximum absolute atomic E-state index is 11.9. The average molecular weight is 318 g/mol. The zero-order valence-corrected chi connectivity index (χ0v) is 12.9. The van der Waals surface area contributed by atoms with Crippen molar-refractivity contribution in [3.05, 3.63) is 65.7 Å². The summed E-state index contributed by atoms with van der Waals surface area (Å²) in [6, 6.07) is 13.0. The number of rotatable bonds is 2. The first-order valence-electron chi connectivity index (χ1n) is 7.63. The van der Waals surface area contributed by atoms with Gasteiger partial charge in [0.15, 0.2) is 0 Å². The number of nitrogens with zero attached hydrogens (tertiary/aromatic N) is 1. The Labute approximate surface area is 138 Å². The number of anilines is 1. The van der Waals surface area contributed by atoms with Gasteiger partial charge in [-0.2, -0.15) is 0 Å². The molecule has 1 heterocycles. The van der Waals surface area contributed by atoms with E-state index in [9.17, 15) is 14.4 Å². The molecule has 0 bridgehead atoms. The summed E-state index contributed by atoms with van der Waals surface area (Å²) < 4.78 is 0. The van der Waals surface area contributed by atoms with Crippen LogP contribution in [0.4, 0.5) is 5.69 Å². The maximum atomic E-state index is 11.9. The van der Waals surface area contributed by atoms with Gasteiger partial charge in [0.25, 0.3) is 11.8 Å². The fourth-order valence-electron chi connectivity index (χ4n) is 3.35. The van der Waals surface area contributed by atoms with Gasteiger partial charge in [0.05, 0.1) is 11.7 Å². The third-order valence-corrected chi connectivity index (χ3v) is 4.32. The van der Waals surface area contributed by atoms with E-state index in [1.54, 1.807) is 12.1 Å². The normalized spacial score (nSPS) is 17.9. The second-order valence-corrected chi connectivity index (χ2v) is 5.84. The van der Waals surface area contributed by atoms with Gasteiger partial charge < -0.3 is 5.32 Å². The standard InChI is InChI=1S/C19H14N2O3/c1-11(22)20-19-15-5-3-2-4-13(15)14-7-6-12(10-16(14)19)21-17(23)8-9-18(21)24/h2-10,19H,1H3,(H,20,22). The van der Waals surface area contributed by atoms with E-state index in [1.165, 1.54) is 19.1 Å². The van der Waals surface area contributed by atoms with Crippen molar-refractivity contribution in [1.82, 2.24) is 5.32 Å². The van der Waals surface area contributed by atoms with Crippen molar-refractivity contribution < 1.29 is 14.4 Å². The molecule has 0 saturated heterocycles. The lowest BCUT2D eigenvalue weighted by molar-refractivity contribution is -0.121. The quantitative estimate of drug-likeness (QED) is 0.864. The number of nitrogens with one attached hydrogen (secondary N) is 1. The van der Waals surface area contributed by atoms with Gasteiger partial charge in [-0.15, -0.1) is 0 Å². The number of carbonyl (C=O) groups excluding carboxylic acids is 3. The predicted octanol–water partition coefficient (Wildman–Crippen LogP) is 2.32. The molecule has 1 aliphatic carbocycles. The van der Waals surface area contributed by atoms with Crippen LogP contribution in [0.25, 0.3) is 11.1 Å². The monoisotopic (exact) mass is 318 g/mol. The highest BCUT2D eigenvalue weighted by Gasteiger charge is 2.32. The van der Waals surface area contributed by atoms with E-state index < -0.39 is 0 Å². The molecule has 5 heteroatoms. The molecule has 1 unspecified atom stereocenters. The third kappa shape index (κ3) is 2.06. The number of hydrogen-bond donors (Lipinski definition) is 1. The van der Waals surface area contributed by atoms with Crippen molar-refractivity contribution >= 4 is 23.4 Å². The lowest BCUT2D eigenvalue weighted by Gasteiger charge is -2.18. The molecule has 2 aromatic rings. The Kier molecular flexibility index (Phi) is 3.09. The van der Waals surface area contributed by atoms with Crippen molar-refractivity contribution in [1.29, 1.82) is 0 Å².